The van der Waals surface area contributed by atoms with Gasteiger partial charge >= 0.3 is 0 Å². The first kappa shape index (κ1) is 18.9. The van der Waals surface area contributed by atoms with E-state index in [0.717, 1.165) is 17.1 Å². The average Bonchev–Trinajstić information content (AvgIpc) is 3.15. The van der Waals surface area contributed by atoms with E-state index in [0.29, 0.717) is 36.2 Å². The number of nitrogens with one attached hydrogen (secondary N) is 2. The average molecular weight is 386 g/mol. The largest absolute Gasteiger partial charge is 0.492 e. The summed E-state index contributed by atoms with van der Waals surface area (Å²) in [5.41, 5.74) is 1.12. The van der Waals surface area contributed by atoms with Crippen molar-refractivity contribution in [3.05, 3.63) is 36.2 Å². The van der Waals surface area contributed by atoms with Gasteiger partial charge in [0.2, 0.25) is 17.1 Å². The molecule has 2 heterocycles. The van der Waals surface area contributed by atoms with Crippen LogP contribution in [0.25, 0.3) is 5.95 Å². The van der Waals surface area contributed by atoms with Crippen LogP contribution in [0.5, 0.6) is 5.75 Å². The molecule has 3 aromatic rings. The lowest BCUT2D eigenvalue weighted by atomic mass is 10.2. The summed E-state index contributed by atoms with van der Waals surface area (Å²) in [6.07, 6.45) is 1.59. The van der Waals surface area contributed by atoms with Gasteiger partial charge in [0.25, 0.3) is 5.95 Å². The predicted molar refractivity (Wildman–Crippen MR) is 106 cm³/mol. The predicted octanol–water partition coefficient (Wildman–Crippen LogP) is 2.41. The van der Waals surface area contributed by atoms with Crippen LogP contribution in [0.15, 0.2) is 35.7 Å². The van der Waals surface area contributed by atoms with Crippen LogP contribution >= 0.6 is 11.8 Å². The van der Waals surface area contributed by atoms with Crippen LogP contribution in [0.1, 0.15) is 12.5 Å². The van der Waals surface area contributed by atoms with Gasteiger partial charge in [-0.2, -0.15) is 19.6 Å². The van der Waals surface area contributed by atoms with Gasteiger partial charge in [0.05, 0.1) is 6.61 Å². The van der Waals surface area contributed by atoms with Gasteiger partial charge in [-0.05, 0) is 25.5 Å². The SMILES string of the molecule is CCNc1nc(NC)nc(-n2cnc(SCCOc3ccccc3C)n2)n1. The Bertz CT molecular complexity index is 885. The molecule has 0 aliphatic rings. The Morgan fingerprint density at radius 2 is 1.96 bits per heavy atom. The highest BCUT2D eigenvalue weighted by Crippen LogP contribution is 2.18. The molecule has 0 spiro atoms. The number of rotatable bonds is 9. The van der Waals surface area contributed by atoms with Crippen molar-refractivity contribution in [2.24, 2.45) is 0 Å². The van der Waals surface area contributed by atoms with E-state index in [2.05, 4.69) is 35.7 Å². The number of aryl methyl sites for hydroxylation is 1. The molecular formula is C17H22N8OS. The van der Waals surface area contributed by atoms with Gasteiger partial charge in [-0.1, -0.05) is 30.0 Å². The molecule has 2 aromatic heterocycles. The third kappa shape index (κ3) is 5.07. The Morgan fingerprint density at radius 1 is 1.15 bits per heavy atom. The number of ether oxygens (including phenoxy) is 1. The lowest BCUT2D eigenvalue weighted by Crippen LogP contribution is -2.11. The number of para-hydroxylation sites is 1. The number of hydrogen-bond acceptors (Lipinski definition) is 9. The monoisotopic (exact) mass is 386 g/mol. The van der Waals surface area contributed by atoms with Crippen LogP contribution in [0.4, 0.5) is 11.9 Å². The summed E-state index contributed by atoms with van der Waals surface area (Å²) < 4.78 is 7.33. The molecule has 0 radical (unpaired) electrons. The molecule has 0 atom stereocenters. The molecule has 0 bridgehead atoms. The second kappa shape index (κ2) is 9.17. The van der Waals surface area contributed by atoms with Crippen molar-refractivity contribution in [2.45, 2.75) is 19.0 Å². The maximum absolute atomic E-state index is 5.79. The quantitative estimate of drug-likeness (QED) is 0.424. The topological polar surface area (TPSA) is 103 Å². The fourth-order valence-electron chi connectivity index (χ4n) is 2.23. The summed E-state index contributed by atoms with van der Waals surface area (Å²) >= 11 is 1.51. The van der Waals surface area contributed by atoms with Gasteiger partial charge < -0.3 is 15.4 Å². The van der Waals surface area contributed by atoms with E-state index in [1.807, 2.05) is 38.1 Å². The summed E-state index contributed by atoms with van der Waals surface area (Å²) in [4.78, 5) is 17.2. The van der Waals surface area contributed by atoms with Gasteiger partial charge in [-0.3, -0.25) is 0 Å². The van der Waals surface area contributed by atoms with Crippen LogP contribution in [-0.2, 0) is 0 Å². The van der Waals surface area contributed by atoms with Crippen LogP contribution in [0, 0.1) is 6.92 Å². The maximum Gasteiger partial charge on any atom is 0.258 e. The lowest BCUT2D eigenvalue weighted by Gasteiger charge is -2.07. The van der Waals surface area contributed by atoms with Crippen molar-refractivity contribution in [1.29, 1.82) is 0 Å². The highest BCUT2D eigenvalue weighted by atomic mass is 32.2. The first-order chi connectivity index (χ1) is 13.2. The van der Waals surface area contributed by atoms with E-state index in [1.165, 1.54) is 16.4 Å². The van der Waals surface area contributed by atoms with E-state index < -0.39 is 0 Å². The summed E-state index contributed by atoms with van der Waals surface area (Å²) in [6, 6.07) is 7.96. The molecule has 0 saturated heterocycles. The van der Waals surface area contributed by atoms with Crippen LogP contribution in [0.2, 0.25) is 0 Å². The van der Waals surface area contributed by atoms with Crippen molar-refractivity contribution in [1.82, 2.24) is 29.7 Å². The molecule has 3 rings (SSSR count). The van der Waals surface area contributed by atoms with Crippen molar-refractivity contribution < 1.29 is 4.74 Å². The molecule has 0 saturated carbocycles. The van der Waals surface area contributed by atoms with Crippen molar-refractivity contribution in [2.75, 3.05) is 36.6 Å². The van der Waals surface area contributed by atoms with Gasteiger partial charge in [-0.15, -0.1) is 5.10 Å². The highest BCUT2D eigenvalue weighted by Gasteiger charge is 2.10. The van der Waals surface area contributed by atoms with Crippen LogP contribution < -0.4 is 15.4 Å². The normalized spacial score (nSPS) is 10.6. The zero-order valence-electron chi connectivity index (χ0n) is 15.5. The first-order valence-electron chi connectivity index (χ1n) is 8.60. The standard InChI is InChI=1S/C17H22N8OS/c1-4-19-15-21-14(18-3)22-16(23-15)25-11-20-17(24-25)27-10-9-26-13-8-6-5-7-12(13)2/h5-8,11H,4,9-10H2,1-3H3,(H2,18,19,21,22,23). The van der Waals surface area contributed by atoms with Gasteiger partial charge in [0.15, 0.2) is 0 Å². The Labute approximate surface area is 162 Å². The highest BCUT2D eigenvalue weighted by molar-refractivity contribution is 7.99. The van der Waals surface area contributed by atoms with Crippen molar-refractivity contribution >= 4 is 23.7 Å². The molecule has 142 valence electrons. The zero-order chi connectivity index (χ0) is 19.1. The Hall–Kier alpha value is -2.88. The minimum atomic E-state index is 0.404. The molecule has 1 aromatic carbocycles. The zero-order valence-corrected chi connectivity index (χ0v) is 16.3. The number of anilines is 2. The summed E-state index contributed by atoms with van der Waals surface area (Å²) in [7, 11) is 1.76. The summed E-state index contributed by atoms with van der Waals surface area (Å²) in [6.45, 7) is 5.30. The van der Waals surface area contributed by atoms with Crippen molar-refractivity contribution in [3.8, 4) is 11.7 Å². The lowest BCUT2D eigenvalue weighted by molar-refractivity contribution is 0.341. The molecular weight excluding hydrogens is 364 g/mol. The molecule has 0 amide bonds. The smallest absolute Gasteiger partial charge is 0.258 e. The molecule has 0 aliphatic carbocycles. The summed E-state index contributed by atoms with van der Waals surface area (Å²) in [5, 5.41) is 11.1. The molecule has 27 heavy (non-hydrogen) atoms. The Morgan fingerprint density at radius 3 is 2.74 bits per heavy atom. The maximum atomic E-state index is 5.79. The fraction of sp³-hybridized carbons (Fsp3) is 0.353. The second-order valence-electron chi connectivity index (χ2n) is 5.50. The van der Waals surface area contributed by atoms with E-state index in [9.17, 15) is 0 Å². The Kier molecular flexibility index (Phi) is 6.42. The summed E-state index contributed by atoms with van der Waals surface area (Å²) in [5.74, 6) is 2.99. The van der Waals surface area contributed by atoms with E-state index >= 15 is 0 Å². The number of nitrogens with zero attached hydrogens (tertiary/aromatic N) is 6. The fourth-order valence-corrected chi connectivity index (χ4v) is 2.85. The molecule has 0 fully saturated rings. The van der Waals surface area contributed by atoms with Crippen molar-refractivity contribution in [3.63, 3.8) is 0 Å². The third-order valence-corrected chi connectivity index (χ3v) is 4.34. The number of thioether (sulfide) groups is 1. The second-order valence-corrected chi connectivity index (χ2v) is 6.56. The van der Waals surface area contributed by atoms with Crippen LogP contribution in [-0.4, -0.2) is 55.7 Å². The third-order valence-electron chi connectivity index (χ3n) is 3.52. The molecule has 2 N–H and O–H groups in total. The minimum Gasteiger partial charge on any atom is -0.492 e. The minimum absolute atomic E-state index is 0.404. The molecule has 10 heteroatoms. The van der Waals surface area contributed by atoms with Crippen LogP contribution in [0.3, 0.4) is 0 Å². The number of benzene rings is 1. The van der Waals surface area contributed by atoms with E-state index in [1.54, 1.807) is 13.4 Å². The first-order valence-corrected chi connectivity index (χ1v) is 9.59. The molecule has 0 unspecified atom stereocenters. The van der Waals surface area contributed by atoms with Gasteiger partial charge in [0.1, 0.15) is 12.1 Å². The molecule has 9 nitrogen and oxygen atoms in total. The van der Waals surface area contributed by atoms with E-state index in [4.69, 9.17) is 4.74 Å². The van der Waals surface area contributed by atoms with E-state index in [-0.39, 0.29) is 0 Å². The number of hydrogen-bond donors (Lipinski definition) is 2. The van der Waals surface area contributed by atoms with Gasteiger partial charge in [-0.25, -0.2) is 4.98 Å². The number of aromatic nitrogens is 6. The Balaban J connectivity index is 1.60. The molecule has 0 aliphatic heterocycles. The van der Waals surface area contributed by atoms with Gasteiger partial charge in [0, 0.05) is 19.3 Å².